The highest BCUT2D eigenvalue weighted by Gasteiger charge is 2.42. The van der Waals surface area contributed by atoms with Crippen molar-refractivity contribution in [3.8, 4) is 0 Å². The first-order valence-electron chi connectivity index (χ1n) is 6.07. The minimum Gasteiger partial charge on any atom is -0.330 e. The Kier molecular flexibility index (Phi) is 4.39. The lowest BCUT2D eigenvalue weighted by molar-refractivity contribution is 0.173. The Morgan fingerprint density at radius 3 is 2.36 bits per heavy atom. The maximum atomic E-state index is 5.66. The van der Waals surface area contributed by atoms with E-state index >= 15 is 0 Å². The number of nitrogens with zero attached hydrogens (tertiary/aromatic N) is 1. The molecule has 1 rings (SSSR count). The van der Waals surface area contributed by atoms with Crippen molar-refractivity contribution >= 4 is 0 Å². The fourth-order valence-electron chi connectivity index (χ4n) is 2.21. The zero-order valence-electron chi connectivity index (χ0n) is 10.1. The summed E-state index contributed by atoms with van der Waals surface area (Å²) in [5, 5.41) is 0. The van der Waals surface area contributed by atoms with Crippen LogP contribution in [0.5, 0.6) is 0 Å². The normalized spacial score (nSPS) is 19.3. The van der Waals surface area contributed by atoms with Crippen LogP contribution in [-0.2, 0) is 0 Å². The van der Waals surface area contributed by atoms with Gasteiger partial charge in [-0.2, -0.15) is 0 Å². The summed E-state index contributed by atoms with van der Waals surface area (Å²) in [6.07, 6.45) is 5.28. The van der Waals surface area contributed by atoms with Crippen molar-refractivity contribution in [2.24, 2.45) is 11.1 Å². The summed E-state index contributed by atoms with van der Waals surface area (Å²) in [7, 11) is 0. The van der Waals surface area contributed by atoms with Gasteiger partial charge in [-0.05, 0) is 58.0 Å². The molecule has 2 heteroatoms. The lowest BCUT2D eigenvalue weighted by atomic mass is 10.0. The third kappa shape index (κ3) is 3.25. The van der Waals surface area contributed by atoms with Gasteiger partial charge < -0.3 is 10.6 Å². The lowest BCUT2D eigenvalue weighted by Crippen LogP contribution is -2.37. The van der Waals surface area contributed by atoms with Gasteiger partial charge in [-0.25, -0.2) is 0 Å². The first kappa shape index (κ1) is 12.0. The van der Waals surface area contributed by atoms with Crippen LogP contribution in [0.15, 0.2) is 0 Å². The maximum Gasteiger partial charge on any atom is 0.00412 e. The fourth-order valence-corrected chi connectivity index (χ4v) is 2.21. The molecule has 14 heavy (non-hydrogen) atoms. The Bertz CT molecular complexity index is 162. The molecule has 2 nitrogen and oxygen atoms in total. The van der Waals surface area contributed by atoms with Crippen molar-refractivity contribution in [2.45, 2.75) is 52.5 Å². The van der Waals surface area contributed by atoms with Crippen molar-refractivity contribution < 1.29 is 0 Å². The second-order valence-electron chi connectivity index (χ2n) is 5.10. The van der Waals surface area contributed by atoms with Gasteiger partial charge in [-0.1, -0.05) is 6.92 Å². The van der Waals surface area contributed by atoms with E-state index in [0.29, 0.717) is 11.5 Å². The third-order valence-corrected chi connectivity index (χ3v) is 3.41. The Hall–Kier alpha value is -0.0800. The molecule has 0 spiro atoms. The molecule has 2 N–H and O–H groups in total. The van der Waals surface area contributed by atoms with Crippen molar-refractivity contribution in [1.82, 2.24) is 4.90 Å². The predicted molar refractivity (Wildman–Crippen MR) is 62.3 cm³/mol. The molecule has 1 saturated carbocycles. The van der Waals surface area contributed by atoms with Gasteiger partial charge in [0.25, 0.3) is 0 Å². The molecule has 1 aliphatic rings. The largest absolute Gasteiger partial charge is 0.330 e. The van der Waals surface area contributed by atoms with Gasteiger partial charge in [0.2, 0.25) is 0 Å². The summed E-state index contributed by atoms with van der Waals surface area (Å²) in [6, 6.07) is 0.685. The van der Waals surface area contributed by atoms with Crippen molar-refractivity contribution in [2.75, 3.05) is 19.6 Å². The Labute approximate surface area is 88.8 Å². The van der Waals surface area contributed by atoms with Gasteiger partial charge in [0.15, 0.2) is 0 Å². The zero-order chi connectivity index (χ0) is 10.6. The predicted octanol–water partition coefficient (Wildman–Crippen LogP) is 2.24. The molecule has 0 aromatic rings. The van der Waals surface area contributed by atoms with Crippen LogP contribution < -0.4 is 5.73 Å². The summed E-state index contributed by atoms with van der Waals surface area (Å²) < 4.78 is 0. The molecule has 0 aromatic heterocycles. The minimum atomic E-state index is 0.605. The summed E-state index contributed by atoms with van der Waals surface area (Å²) in [4.78, 5) is 2.61. The lowest BCUT2D eigenvalue weighted by Gasteiger charge is -2.30. The van der Waals surface area contributed by atoms with Gasteiger partial charge in [0.1, 0.15) is 0 Å². The molecule has 1 aliphatic carbocycles. The summed E-state index contributed by atoms with van der Waals surface area (Å²) in [5.74, 6) is 0. The molecular formula is C12H26N2. The number of rotatable bonds is 7. The molecule has 1 fully saturated rings. The number of hydrogen-bond acceptors (Lipinski definition) is 2. The fraction of sp³-hybridized carbons (Fsp3) is 1.00. The molecule has 0 bridgehead atoms. The molecule has 0 unspecified atom stereocenters. The maximum absolute atomic E-state index is 5.66. The highest BCUT2D eigenvalue weighted by Crippen LogP contribution is 2.49. The highest BCUT2D eigenvalue weighted by atomic mass is 15.2. The quantitative estimate of drug-likeness (QED) is 0.680. The Balaban J connectivity index is 2.38. The van der Waals surface area contributed by atoms with Crippen LogP contribution in [0.4, 0.5) is 0 Å². The second-order valence-corrected chi connectivity index (χ2v) is 5.10. The van der Waals surface area contributed by atoms with Crippen LogP contribution in [-0.4, -0.2) is 30.6 Å². The van der Waals surface area contributed by atoms with E-state index in [1.165, 1.54) is 38.8 Å². The van der Waals surface area contributed by atoms with Gasteiger partial charge in [-0.15, -0.1) is 0 Å². The topological polar surface area (TPSA) is 29.3 Å². The monoisotopic (exact) mass is 198 g/mol. The van der Waals surface area contributed by atoms with E-state index in [-0.39, 0.29) is 0 Å². The summed E-state index contributed by atoms with van der Waals surface area (Å²) in [6.45, 7) is 10.2. The van der Waals surface area contributed by atoms with Crippen LogP contribution in [0.1, 0.15) is 46.5 Å². The molecule has 0 radical (unpaired) electrons. The van der Waals surface area contributed by atoms with E-state index in [2.05, 4.69) is 25.7 Å². The van der Waals surface area contributed by atoms with Crippen molar-refractivity contribution in [3.63, 3.8) is 0 Å². The van der Waals surface area contributed by atoms with E-state index in [0.717, 1.165) is 6.54 Å². The van der Waals surface area contributed by atoms with Crippen LogP contribution >= 0.6 is 0 Å². The van der Waals surface area contributed by atoms with E-state index in [1.807, 2.05) is 0 Å². The summed E-state index contributed by atoms with van der Waals surface area (Å²) in [5.41, 5.74) is 6.27. The number of hydrogen-bond donors (Lipinski definition) is 1. The molecule has 0 aliphatic heterocycles. The van der Waals surface area contributed by atoms with Crippen LogP contribution in [0, 0.1) is 5.41 Å². The van der Waals surface area contributed by atoms with E-state index in [4.69, 9.17) is 5.73 Å². The Morgan fingerprint density at radius 1 is 1.36 bits per heavy atom. The number of nitrogens with two attached hydrogens (primary N) is 1. The average molecular weight is 198 g/mol. The standard InChI is InChI=1S/C12H26N2/c1-4-9-14(11(2)3)10-12(5-6-12)7-8-13/h11H,4-10,13H2,1-3H3. The van der Waals surface area contributed by atoms with Gasteiger partial charge in [0.05, 0.1) is 0 Å². The SMILES string of the molecule is CCCN(CC1(CCN)CC1)C(C)C. The van der Waals surface area contributed by atoms with Gasteiger partial charge in [-0.3, -0.25) is 0 Å². The van der Waals surface area contributed by atoms with E-state index < -0.39 is 0 Å². The van der Waals surface area contributed by atoms with Crippen molar-refractivity contribution in [1.29, 1.82) is 0 Å². The Morgan fingerprint density at radius 2 is 2.00 bits per heavy atom. The summed E-state index contributed by atoms with van der Waals surface area (Å²) >= 11 is 0. The van der Waals surface area contributed by atoms with Gasteiger partial charge in [0, 0.05) is 12.6 Å². The third-order valence-electron chi connectivity index (χ3n) is 3.41. The molecule has 84 valence electrons. The molecule has 0 atom stereocenters. The second kappa shape index (κ2) is 5.13. The first-order chi connectivity index (χ1) is 6.63. The van der Waals surface area contributed by atoms with Crippen molar-refractivity contribution in [3.05, 3.63) is 0 Å². The molecule has 0 aromatic carbocycles. The van der Waals surface area contributed by atoms with Crippen LogP contribution in [0.3, 0.4) is 0 Å². The van der Waals surface area contributed by atoms with Crippen LogP contribution in [0.2, 0.25) is 0 Å². The van der Waals surface area contributed by atoms with E-state index in [1.54, 1.807) is 0 Å². The first-order valence-corrected chi connectivity index (χ1v) is 6.07. The van der Waals surface area contributed by atoms with Crippen LogP contribution in [0.25, 0.3) is 0 Å². The van der Waals surface area contributed by atoms with Gasteiger partial charge >= 0.3 is 0 Å². The van der Waals surface area contributed by atoms with E-state index in [9.17, 15) is 0 Å². The minimum absolute atomic E-state index is 0.605. The smallest absolute Gasteiger partial charge is 0.00412 e. The molecule has 0 amide bonds. The zero-order valence-corrected chi connectivity index (χ0v) is 10.1. The molecular weight excluding hydrogens is 172 g/mol. The highest BCUT2D eigenvalue weighted by molar-refractivity contribution is 4.96. The molecule has 0 saturated heterocycles. The average Bonchev–Trinajstić information content (AvgIpc) is 2.85. The molecule has 0 heterocycles.